The summed E-state index contributed by atoms with van der Waals surface area (Å²) in [6.45, 7) is 2.47. The van der Waals surface area contributed by atoms with Crippen LogP contribution in [0.4, 0.5) is 13.2 Å². The van der Waals surface area contributed by atoms with Crippen molar-refractivity contribution < 1.29 is 18.0 Å². The number of likely N-dealkylation sites (N-methyl/N-ethyl adjacent to an activating group) is 1. The predicted molar refractivity (Wildman–Crippen MR) is 109 cm³/mol. The molecule has 154 valence electrons. The largest absolute Gasteiger partial charge is 0.445 e. The van der Waals surface area contributed by atoms with Gasteiger partial charge in [-0.3, -0.25) is 4.79 Å². The molecule has 0 N–H and O–H groups in total. The third kappa shape index (κ3) is 4.81. The molecule has 0 bridgehead atoms. The molecule has 1 aliphatic heterocycles. The Balaban J connectivity index is 2.04. The number of hydrogen-bond donors (Lipinski definition) is 0. The average Bonchev–Trinajstić information content (AvgIpc) is 3.03. The highest BCUT2D eigenvalue weighted by Crippen LogP contribution is 2.33. The van der Waals surface area contributed by atoms with Gasteiger partial charge in [0, 0.05) is 25.5 Å². The predicted octanol–water partition coefficient (Wildman–Crippen LogP) is 3.92. The monoisotopic (exact) mass is 440 g/mol. The van der Waals surface area contributed by atoms with E-state index in [-0.39, 0.29) is 4.80 Å². The molecule has 3 rings (SSSR count). The highest BCUT2D eigenvalue weighted by atomic mass is 32.2. The van der Waals surface area contributed by atoms with Crippen LogP contribution in [-0.2, 0) is 18.0 Å². The summed E-state index contributed by atoms with van der Waals surface area (Å²) in [5, 5.41) is 2.39. The zero-order valence-corrected chi connectivity index (χ0v) is 17.7. The molecule has 0 radical (unpaired) electrons. The van der Waals surface area contributed by atoms with Crippen LogP contribution in [0.25, 0.3) is 5.57 Å². The molecule has 0 unspecified atom stereocenters. The Morgan fingerprint density at radius 3 is 2.55 bits per heavy atom. The lowest BCUT2D eigenvalue weighted by Gasteiger charge is -2.28. The van der Waals surface area contributed by atoms with Gasteiger partial charge in [-0.05, 0) is 23.0 Å². The van der Waals surface area contributed by atoms with Gasteiger partial charge in [-0.25, -0.2) is 4.68 Å². The maximum Gasteiger partial charge on any atom is 0.445 e. The average molecular weight is 441 g/mol. The Morgan fingerprint density at radius 1 is 1.28 bits per heavy atom. The third-order valence-corrected chi connectivity index (χ3v) is 6.08. The zero-order chi connectivity index (χ0) is 21.2. The molecule has 0 aliphatic carbocycles. The first-order valence-corrected chi connectivity index (χ1v) is 10.6. The Bertz CT molecular complexity index is 1040. The van der Waals surface area contributed by atoms with Gasteiger partial charge in [0.25, 0.3) is 5.91 Å². The van der Waals surface area contributed by atoms with E-state index in [9.17, 15) is 18.0 Å². The second-order valence-corrected chi connectivity index (χ2v) is 8.53. The molecule has 0 saturated carbocycles. The van der Waals surface area contributed by atoms with Crippen molar-refractivity contribution in [3.8, 4) is 0 Å². The Kier molecular flexibility index (Phi) is 6.33. The fourth-order valence-electron chi connectivity index (χ4n) is 2.86. The number of hydrogen-bond acceptors (Lipinski definition) is 5. The Morgan fingerprint density at radius 2 is 1.97 bits per heavy atom. The zero-order valence-electron chi connectivity index (χ0n) is 16.0. The molecular weight excluding hydrogens is 421 g/mol. The van der Waals surface area contributed by atoms with Crippen LogP contribution in [0.5, 0.6) is 0 Å². The summed E-state index contributed by atoms with van der Waals surface area (Å²) in [7, 11) is 3.12. The van der Waals surface area contributed by atoms with Crippen molar-refractivity contribution in [2.45, 2.75) is 13.1 Å². The van der Waals surface area contributed by atoms with E-state index in [0.717, 1.165) is 26.5 Å². The minimum Gasteiger partial charge on any atom is -0.365 e. The molecule has 10 heteroatoms. The minimum absolute atomic E-state index is 0.0955. The van der Waals surface area contributed by atoms with Crippen molar-refractivity contribution in [3.63, 3.8) is 0 Å². The molecule has 0 saturated heterocycles. The van der Waals surface area contributed by atoms with Crippen LogP contribution in [0.3, 0.4) is 0 Å². The lowest BCUT2D eigenvalue weighted by atomic mass is 10.0. The molecule has 5 nitrogen and oxygen atoms in total. The minimum atomic E-state index is -4.57. The number of allylic oxidation sites excluding steroid dienone is 1. The summed E-state index contributed by atoms with van der Waals surface area (Å²) in [6, 6.07) is 9.84. The van der Waals surface area contributed by atoms with Gasteiger partial charge in [0.1, 0.15) is 5.70 Å². The number of alkyl halides is 3. The molecule has 0 spiro atoms. The van der Waals surface area contributed by atoms with Crippen LogP contribution in [0.1, 0.15) is 17.5 Å². The van der Waals surface area contributed by atoms with Gasteiger partial charge in [0.2, 0.25) is 9.81 Å². The first-order valence-electron chi connectivity index (χ1n) is 8.75. The molecule has 29 heavy (non-hydrogen) atoms. The van der Waals surface area contributed by atoms with Crippen molar-refractivity contribution in [1.29, 1.82) is 0 Å². The molecule has 2 heterocycles. The summed E-state index contributed by atoms with van der Waals surface area (Å²) in [5.74, 6) is 0.158. The van der Waals surface area contributed by atoms with Gasteiger partial charge in [-0.2, -0.15) is 23.3 Å². The van der Waals surface area contributed by atoms with Gasteiger partial charge < -0.3 is 4.90 Å². The summed E-state index contributed by atoms with van der Waals surface area (Å²) >= 11 is 1.84. The number of rotatable bonds is 4. The van der Waals surface area contributed by atoms with E-state index < -0.39 is 17.1 Å². The van der Waals surface area contributed by atoms with Crippen LogP contribution in [0.2, 0.25) is 0 Å². The van der Waals surface area contributed by atoms with E-state index in [1.165, 1.54) is 18.8 Å². The number of thioether (sulfide) groups is 1. The van der Waals surface area contributed by atoms with E-state index in [2.05, 4.69) is 10.1 Å². The number of halogens is 3. The molecule has 1 aromatic heterocycles. The smallest absolute Gasteiger partial charge is 0.365 e. The maximum atomic E-state index is 12.9. The Labute approximate surface area is 174 Å². The van der Waals surface area contributed by atoms with Gasteiger partial charge >= 0.3 is 6.18 Å². The molecule has 1 amide bonds. The molecular formula is C19H19F3N4OS2. The first kappa shape index (κ1) is 21.4. The van der Waals surface area contributed by atoms with Crippen LogP contribution in [0.15, 0.2) is 52.0 Å². The van der Waals surface area contributed by atoms with Gasteiger partial charge in [0.05, 0.1) is 0 Å². The van der Waals surface area contributed by atoms with Crippen LogP contribution < -0.4 is 4.80 Å². The number of aryl methyl sites for hydroxylation is 1. The van der Waals surface area contributed by atoms with Gasteiger partial charge in [-0.1, -0.05) is 48.6 Å². The number of carbonyl (C=O) groups excluding carboxylic acids is 1. The highest BCUT2D eigenvalue weighted by molar-refractivity contribution is 8.03. The number of aromatic nitrogens is 2. The van der Waals surface area contributed by atoms with Crippen LogP contribution >= 0.6 is 23.1 Å². The van der Waals surface area contributed by atoms with E-state index >= 15 is 0 Å². The molecule has 0 atom stereocenters. The van der Waals surface area contributed by atoms with Crippen molar-refractivity contribution in [2.75, 3.05) is 19.3 Å². The first-order chi connectivity index (χ1) is 13.7. The summed E-state index contributed by atoms with van der Waals surface area (Å²) < 4.78 is 39.6. The van der Waals surface area contributed by atoms with E-state index in [4.69, 9.17) is 0 Å². The van der Waals surface area contributed by atoms with Crippen LogP contribution in [0, 0.1) is 0 Å². The third-order valence-electron chi connectivity index (χ3n) is 4.12. The molecule has 1 aliphatic rings. The molecule has 2 aromatic rings. The van der Waals surface area contributed by atoms with Crippen LogP contribution in [-0.4, -0.2) is 39.9 Å². The number of amides is 1. The van der Waals surface area contributed by atoms with Gasteiger partial charge in [-0.15, -0.1) is 11.8 Å². The second-order valence-electron chi connectivity index (χ2n) is 6.27. The number of carbonyl (C=O) groups is 1. The summed E-state index contributed by atoms with van der Waals surface area (Å²) in [6.07, 6.45) is -2.61. The van der Waals surface area contributed by atoms with Crippen molar-refractivity contribution >= 4 is 34.6 Å². The lowest BCUT2D eigenvalue weighted by Crippen LogP contribution is -2.29. The second kappa shape index (κ2) is 8.58. The van der Waals surface area contributed by atoms with Gasteiger partial charge in [0.15, 0.2) is 0 Å². The SMILES string of the molecule is CCSC1=C(C(=O)N=c2sc(C(F)(F)F)nn2C)N(C)CC(c2ccccc2)=C1. The molecule has 0 fully saturated rings. The van der Waals surface area contributed by atoms with Crippen molar-refractivity contribution in [3.05, 3.63) is 62.4 Å². The fourth-order valence-corrected chi connectivity index (χ4v) is 4.53. The Hall–Kier alpha value is -2.33. The fraction of sp³-hybridized carbons (Fsp3) is 0.316. The lowest BCUT2D eigenvalue weighted by molar-refractivity contribution is -0.138. The quantitative estimate of drug-likeness (QED) is 0.723. The number of benzene rings is 1. The normalized spacial score (nSPS) is 15.7. The number of nitrogens with zero attached hydrogens (tertiary/aromatic N) is 4. The molecule has 1 aromatic carbocycles. The standard InChI is InChI=1S/C19H19F3N4OS2/c1-4-28-14-10-13(12-8-6-5-7-9-12)11-25(2)15(14)16(27)23-18-26(3)24-17(29-18)19(20,21)22/h5-10H,4,11H2,1-3H3. The highest BCUT2D eigenvalue weighted by Gasteiger charge is 2.35. The summed E-state index contributed by atoms with van der Waals surface area (Å²) in [5.41, 5.74) is 2.49. The van der Waals surface area contributed by atoms with E-state index in [1.807, 2.05) is 43.3 Å². The maximum absolute atomic E-state index is 12.9. The topological polar surface area (TPSA) is 50.5 Å². The summed E-state index contributed by atoms with van der Waals surface area (Å²) in [4.78, 5) is 19.3. The van der Waals surface area contributed by atoms with E-state index in [0.29, 0.717) is 23.6 Å². The van der Waals surface area contributed by atoms with Crippen molar-refractivity contribution in [1.82, 2.24) is 14.7 Å². The van der Waals surface area contributed by atoms with Crippen molar-refractivity contribution in [2.24, 2.45) is 12.0 Å². The van der Waals surface area contributed by atoms with E-state index in [1.54, 1.807) is 11.9 Å².